The number of ether oxygens (including phenoxy) is 2. The quantitative estimate of drug-likeness (QED) is 0.696. The van der Waals surface area contributed by atoms with Crippen LogP contribution in [-0.4, -0.2) is 65.5 Å². The molecular weight excluding hydrogens is 405 g/mol. The molecule has 2 aliphatic rings. The van der Waals surface area contributed by atoms with Crippen LogP contribution in [0, 0.1) is 17.8 Å². The fourth-order valence-electron chi connectivity index (χ4n) is 3.54. The number of hydrogen-bond acceptors (Lipinski definition) is 5. The van der Waals surface area contributed by atoms with Gasteiger partial charge in [-0.05, 0) is 24.5 Å². The Labute approximate surface area is 173 Å². The molecule has 1 aromatic rings. The summed E-state index contributed by atoms with van der Waals surface area (Å²) in [4.78, 5) is 27.3. The Bertz CT molecular complexity index is 699. The highest BCUT2D eigenvalue weighted by molar-refractivity contribution is 5.78. The summed E-state index contributed by atoms with van der Waals surface area (Å²) in [5.41, 5.74) is 0.961. The van der Waals surface area contributed by atoms with Crippen molar-refractivity contribution >= 4 is 11.9 Å². The van der Waals surface area contributed by atoms with Crippen LogP contribution >= 0.6 is 0 Å². The van der Waals surface area contributed by atoms with Crippen LogP contribution < -0.4 is 0 Å². The summed E-state index contributed by atoms with van der Waals surface area (Å²) in [6.45, 7) is 7.58. The number of aromatic nitrogens is 1. The van der Waals surface area contributed by atoms with Crippen LogP contribution in [0.4, 0.5) is 13.2 Å². The Morgan fingerprint density at radius 1 is 1.33 bits per heavy atom. The Kier molecular flexibility index (Phi) is 8.60. The molecule has 0 bridgehead atoms. The second-order valence-corrected chi connectivity index (χ2v) is 7.66. The third kappa shape index (κ3) is 6.94. The molecule has 1 N–H and O–H groups in total. The van der Waals surface area contributed by atoms with Crippen molar-refractivity contribution in [3.8, 4) is 0 Å². The minimum atomic E-state index is -5.08. The minimum Gasteiger partial charge on any atom is -0.475 e. The van der Waals surface area contributed by atoms with Gasteiger partial charge < -0.3 is 19.5 Å². The highest BCUT2D eigenvalue weighted by Crippen LogP contribution is 2.36. The minimum absolute atomic E-state index is 0.0639. The van der Waals surface area contributed by atoms with E-state index in [2.05, 4.69) is 4.98 Å². The van der Waals surface area contributed by atoms with Crippen LogP contribution in [0.15, 0.2) is 24.4 Å². The van der Waals surface area contributed by atoms with Crippen LogP contribution in [0.2, 0.25) is 0 Å². The van der Waals surface area contributed by atoms with E-state index in [4.69, 9.17) is 19.4 Å². The molecule has 0 saturated carbocycles. The average molecular weight is 432 g/mol. The van der Waals surface area contributed by atoms with Gasteiger partial charge in [0, 0.05) is 37.7 Å². The molecule has 0 spiro atoms. The lowest BCUT2D eigenvalue weighted by molar-refractivity contribution is -0.192. The molecule has 0 radical (unpaired) electrons. The lowest BCUT2D eigenvalue weighted by atomic mass is 9.91. The van der Waals surface area contributed by atoms with E-state index in [1.807, 2.05) is 36.9 Å². The molecular formula is C20H27F3N2O5. The highest BCUT2D eigenvalue weighted by Gasteiger charge is 2.45. The molecule has 2 fully saturated rings. The normalized spacial score (nSPS) is 23.1. The van der Waals surface area contributed by atoms with Crippen molar-refractivity contribution in [2.75, 3.05) is 26.3 Å². The Balaban J connectivity index is 0.000000396. The van der Waals surface area contributed by atoms with Crippen molar-refractivity contribution in [3.05, 3.63) is 30.1 Å². The molecule has 168 valence electrons. The van der Waals surface area contributed by atoms with E-state index in [1.165, 1.54) is 0 Å². The Hall–Kier alpha value is -2.20. The first-order chi connectivity index (χ1) is 14.1. The van der Waals surface area contributed by atoms with Crippen molar-refractivity contribution in [1.29, 1.82) is 0 Å². The molecule has 0 unspecified atom stereocenters. The fourth-order valence-corrected chi connectivity index (χ4v) is 3.54. The smallest absolute Gasteiger partial charge is 0.475 e. The zero-order valence-corrected chi connectivity index (χ0v) is 17.0. The molecule has 2 saturated heterocycles. The number of likely N-dealkylation sites (tertiary alicyclic amines) is 1. The third-order valence-corrected chi connectivity index (χ3v) is 5.10. The summed E-state index contributed by atoms with van der Waals surface area (Å²) in [5.74, 6) is -1.49. The first-order valence-electron chi connectivity index (χ1n) is 9.77. The monoisotopic (exact) mass is 432 g/mol. The summed E-state index contributed by atoms with van der Waals surface area (Å²) in [6, 6.07) is 5.85. The van der Waals surface area contributed by atoms with Gasteiger partial charge in [-0.25, -0.2) is 4.79 Å². The maximum Gasteiger partial charge on any atom is 0.490 e. The van der Waals surface area contributed by atoms with Crippen molar-refractivity contribution in [2.24, 2.45) is 17.8 Å². The third-order valence-electron chi connectivity index (χ3n) is 5.10. The van der Waals surface area contributed by atoms with Crippen LogP contribution in [0.1, 0.15) is 26.0 Å². The largest absolute Gasteiger partial charge is 0.490 e. The van der Waals surface area contributed by atoms with E-state index in [0.717, 1.165) is 31.8 Å². The SMILES string of the molecule is CC(C)C(=O)N1C[C@H]2[C@@H](CCOCc3ccccn3)CO[C@H]2C1.O=C(O)C(F)(F)F. The van der Waals surface area contributed by atoms with E-state index in [0.29, 0.717) is 25.0 Å². The van der Waals surface area contributed by atoms with E-state index in [1.54, 1.807) is 6.20 Å². The number of carboxylic acid groups (broad SMARTS) is 1. The van der Waals surface area contributed by atoms with Crippen LogP contribution in [0.5, 0.6) is 0 Å². The van der Waals surface area contributed by atoms with Crippen LogP contribution in [-0.2, 0) is 25.7 Å². The molecule has 10 heteroatoms. The number of fused-ring (bicyclic) bond motifs is 1. The van der Waals surface area contributed by atoms with E-state index in [-0.39, 0.29) is 17.9 Å². The van der Waals surface area contributed by atoms with E-state index < -0.39 is 12.1 Å². The van der Waals surface area contributed by atoms with E-state index in [9.17, 15) is 18.0 Å². The molecule has 1 aromatic heterocycles. The van der Waals surface area contributed by atoms with Gasteiger partial charge in [0.2, 0.25) is 5.91 Å². The number of halogens is 3. The zero-order valence-electron chi connectivity index (χ0n) is 17.0. The lowest BCUT2D eigenvalue weighted by Crippen LogP contribution is -2.34. The number of carbonyl (C=O) groups excluding carboxylic acids is 1. The zero-order chi connectivity index (χ0) is 22.3. The van der Waals surface area contributed by atoms with Gasteiger partial charge in [0.1, 0.15) is 0 Å². The maximum atomic E-state index is 12.1. The molecule has 0 aromatic carbocycles. The van der Waals surface area contributed by atoms with Crippen LogP contribution in [0.3, 0.4) is 0 Å². The number of aliphatic carboxylic acids is 1. The summed E-state index contributed by atoms with van der Waals surface area (Å²) in [6.07, 6.45) is -2.09. The molecule has 2 aliphatic heterocycles. The Morgan fingerprint density at radius 3 is 2.60 bits per heavy atom. The van der Waals surface area contributed by atoms with Crippen molar-refractivity contribution in [1.82, 2.24) is 9.88 Å². The van der Waals surface area contributed by atoms with Gasteiger partial charge >= 0.3 is 12.1 Å². The second kappa shape index (κ2) is 10.7. The van der Waals surface area contributed by atoms with Crippen molar-refractivity contribution in [2.45, 2.75) is 39.2 Å². The molecule has 0 aliphatic carbocycles. The number of pyridine rings is 1. The molecule has 7 nitrogen and oxygen atoms in total. The van der Waals surface area contributed by atoms with Gasteiger partial charge in [-0.2, -0.15) is 13.2 Å². The van der Waals surface area contributed by atoms with Gasteiger partial charge in [-0.1, -0.05) is 19.9 Å². The summed E-state index contributed by atoms with van der Waals surface area (Å²) < 4.78 is 43.4. The number of carboxylic acids is 1. The van der Waals surface area contributed by atoms with Gasteiger partial charge in [0.05, 0.1) is 25.0 Å². The second-order valence-electron chi connectivity index (χ2n) is 7.66. The van der Waals surface area contributed by atoms with Gasteiger partial charge in [0.15, 0.2) is 0 Å². The first-order valence-corrected chi connectivity index (χ1v) is 9.77. The lowest BCUT2D eigenvalue weighted by Gasteiger charge is -2.21. The number of rotatable bonds is 6. The van der Waals surface area contributed by atoms with Gasteiger partial charge in [-0.3, -0.25) is 9.78 Å². The van der Waals surface area contributed by atoms with Gasteiger partial charge in [-0.15, -0.1) is 0 Å². The summed E-state index contributed by atoms with van der Waals surface area (Å²) in [5, 5.41) is 7.12. The first kappa shape index (κ1) is 24.1. The molecule has 30 heavy (non-hydrogen) atoms. The number of alkyl halides is 3. The standard InChI is InChI=1S/C18H26N2O3.C2HF3O2/c1-13(2)18(21)20-9-16-14(11-23-17(16)10-20)6-8-22-12-15-5-3-4-7-19-15;3-2(4,5)1(6)7/h3-5,7,13-14,16-17H,6,8-12H2,1-2H3;(H,6,7)/t14-,16-,17-;/m0./s1. The number of nitrogens with zero attached hydrogens (tertiary/aromatic N) is 2. The predicted octanol–water partition coefficient (Wildman–Crippen LogP) is 2.75. The summed E-state index contributed by atoms with van der Waals surface area (Å²) in [7, 11) is 0. The average Bonchev–Trinajstić information content (AvgIpc) is 3.26. The molecule has 1 amide bonds. The van der Waals surface area contributed by atoms with E-state index >= 15 is 0 Å². The maximum absolute atomic E-state index is 12.1. The predicted molar refractivity (Wildman–Crippen MR) is 100 cm³/mol. The fraction of sp³-hybridized carbons (Fsp3) is 0.650. The topological polar surface area (TPSA) is 89.0 Å². The van der Waals surface area contributed by atoms with Crippen molar-refractivity contribution in [3.63, 3.8) is 0 Å². The van der Waals surface area contributed by atoms with Crippen LogP contribution in [0.25, 0.3) is 0 Å². The number of amides is 1. The summed E-state index contributed by atoms with van der Waals surface area (Å²) >= 11 is 0. The van der Waals surface area contributed by atoms with Crippen molar-refractivity contribution < 1.29 is 37.3 Å². The number of carbonyl (C=O) groups is 2. The van der Waals surface area contributed by atoms with Gasteiger partial charge in [0.25, 0.3) is 0 Å². The molecule has 3 heterocycles. The molecule has 3 rings (SSSR count). The molecule has 3 atom stereocenters. The highest BCUT2D eigenvalue weighted by atomic mass is 19.4. The number of hydrogen-bond donors (Lipinski definition) is 1. The Morgan fingerprint density at radius 2 is 2.03 bits per heavy atom.